The lowest BCUT2D eigenvalue weighted by molar-refractivity contribution is 0.0228. The van der Waals surface area contributed by atoms with Gasteiger partial charge in [-0.25, -0.2) is 0 Å². The van der Waals surface area contributed by atoms with Crippen LogP contribution in [0.25, 0.3) is 10.4 Å². The quantitative estimate of drug-likeness (QED) is 0.473. The van der Waals surface area contributed by atoms with Gasteiger partial charge >= 0.3 is 0 Å². The van der Waals surface area contributed by atoms with Crippen LogP contribution in [0.4, 0.5) is 0 Å². The van der Waals surface area contributed by atoms with E-state index in [2.05, 4.69) is 26.0 Å². The van der Waals surface area contributed by atoms with E-state index in [9.17, 15) is 10.2 Å². The number of hydrogen-bond acceptors (Lipinski definition) is 5. The average molecular weight is 332 g/mol. The summed E-state index contributed by atoms with van der Waals surface area (Å²) in [6, 6.07) is 3.17. The summed E-state index contributed by atoms with van der Waals surface area (Å²) in [6.07, 6.45) is -2.47. The minimum Gasteiger partial charge on any atom is -0.496 e. The van der Waals surface area contributed by atoms with E-state index in [1.807, 2.05) is 0 Å². The molecule has 0 amide bonds. The molecule has 0 aliphatic rings. The molecule has 0 saturated carbocycles. The third-order valence-corrected chi connectivity index (χ3v) is 3.14. The fraction of sp³-hybridized carbons (Fsp3) is 0.455. The first-order valence-electron chi connectivity index (χ1n) is 5.33. The fourth-order valence-electron chi connectivity index (χ4n) is 1.54. The van der Waals surface area contributed by atoms with Crippen molar-refractivity contribution in [1.29, 1.82) is 0 Å². The second-order valence-electron chi connectivity index (χ2n) is 3.65. The van der Waals surface area contributed by atoms with Gasteiger partial charge in [-0.05, 0) is 33.6 Å². The second-order valence-corrected chi connectivity index (χ2v) is 4.51. The number of ether oxygens (including phenoxy) is 2. The van der Waals surface area contributed by atoms with Crippen LogP contribution >= 0.6 is 15.9 Å². The Morgan fingerprint density at radius 1 is 1.32 bits per heavy atom. The summed E-state index contributed by atoms with van der Waals surface area (Å²) in [7, 11) is 2.93. The Morgan fingerprint density at radius 3 is 2.47 bits per heavy atom. The number of benzene rings is 1. The van der Waals surface area contributed by atoms with Crippen LogP contribution in [0.1, 0.15) is 11.7 Å². The molecule has 0 heterocycles. The molecule has 1 aromatic rings. The van der Waals surface area contributed by atoms with Crippen molar-refractivity contribution < 1.29 is 19.7 Å². The van der Waals surface area contributed by atoms with Gasteiger partial charge in [0.25, 0.3) is 0 Å². The number of nitrogens with zero attached hydrogens (tertiary/aromatic N) is 3. The summed E-state index contributed by atoms with van der Waals surface area (Å²) in [5.74, 6) is 0.881. The first-order valence-corrected chi connectivity index (χ1v) is 6.12. The minimum absolute atomic E-state index is 0.237. The Kier molecular flexibility index (Phi) is 5.91. The summed E-state index contributed by atoms with van der Waals surface area (Å²) in [5, 5.41) is 23.0. The summed E-state index contributed by atoms with van der Waals surface area (Å²) in [5.41, 5.74) is 8.55. The van der Waals surface area contributed by atoms with Crippen molar-refractivity contribution in [2.75, 3.05) is 20.8 Å². The summed E-state index contributed by atoms with van der Waals surface area (Å²) < 4.78 is 10.9. The monoisotopic (exact) mass is 331 g/mol. The first-order chi connectivity index (χ1) is 9.04. The van der Waals surface area contributed by atoms with Gasteiger partial charge in [-0.2, -0.15) is 0 Å². The Morgan fingerprint density at radius 2 is 1.95 bits per heavy atom. The molecule has 0 aromatic heterocycles. The van der Waals surface area contributed by atoms with Crippen molar-refractivity contribution in [3.05, 3.63) is 32.6 Å². The first kappa shape index (κ1) is 15.6. The Labute approximate surface area is 118 Å². The predicted octanol–water partition coefficient (Wildman–Crippen LogP) is 2.17. The van der Waals surface area contributed by atoms with Crippen LogP contribution in [0, 0.1) is 0 Å². The smallest absolute Gasteiger partial charge is 0.133 e. The molecule has 0 saturated heterocycles. The third-order valence-electron chi connectivity index (χ3n) is 2.52. The standard InChI is InChI=1S/C11H14BrN3O4/c1-18-9-4-7(12)10(19-2)3-6(9)11(17)8(16)5-14-15-13/h3-4,8,11,16-17H,5H2,1-2H3. The van der Waals surface area contributed by atoms with E-state index in [1.165, 1.54) is 14.2 Å². The summed E-state index contributed by atoms with van der Waals surface area (Å²) in [6.45, 7) is -0.237. The van der Waals surface area contributed by atoms with E-state index in [-0.39, 0.29) is 6.54 Å². The predicted molar refractivity (Wildman–Crippen MR) is 72.2 cm³/mol. The summed E-state index contributed by atoms with van der Waals surface area (Å²) in [4.78, 5) is 2.53. The van der Waals surface area contributed by atoms with E-state index >= 15 is 0 Å². The van der Waals surface area contributed by atoms with Crippen molar-refractivity contribution in [2.24, 2.45) is 5.11 Å². The topological polar surface area (TPSA) is 108 Å². The van der Waals surface area contributed by atoms with E-state index in [0.29, 0.717) is 21.5 Å². The molecular weight excluding hydrogens is 318 g/mol. The zero-order valence-electron chi connectivity index (χ0n) is 10.4. The average Bonchev–Trinajstić information content (AvgIpc) is 2.43. The Bertz CT molecular complexity index is 491. The third kappa shape index (κ3) is 3.74. The molecule has 8 heteroatoms. The lowest BCUT2D eigenvalue weighted by Crippen LogP contribution is -2.21. The number of aliphatic hydroxyl groups is 2. The maximum atomic E-state index is 10.1. The molecular formula is C11H14BrN3O4. The lowest BCUT2D eigenvalue weighted by atomic mass is 10.0. The van der Waals surface area contributed by atoms with E-state index < -0.39 is 12.2 Å². The van der Waals surface area contributed by atoms with Gasteiger partial charge in [-0.3, -0.25) is 0 Å². The number of hydrogen-bond donors (Lipinski definition) is 2. The van der Waals surface area contributed by atoms with Gasteiger partial charge in [0.2, 0.25) is 0 Å². The van der Waals surface area contributed by atoms with Crippen LogP contribution in [-0.4, -0.2) is 37.1 Å². The van der Waals surface area contributed by atoms with E-state index in [1.54, 1.807) is 12.1 Å². The molecule has 0 fully saturated rings. The second kappa shape index (κ2) is 7.20. The molecule has 2 N–H and O–H groups in total. The van der Waals surface area contributed by atoms with Crippen LogP contribution in [0.2, 0.25) is 0 Å². The van der Waals surface area contributed by atoms with Crippen LogP contribution in [-0.2, 0) is 0 Å². The molecule has 2 atom stereocenters. The largest absolute Gasteiger partial charge is 0.496 e. The highest BCUT2D eigenvalue weighted by atomic mass is 79.9. The highest BCUT2D eigenvalue weighted by molar-refractivity contribution is 9.10. The molecule has 0 aliphatic carbocycles. The van der Waals surface area contributed by atoms with Gasteiger partial charge in [0.05, 0.1) is 31.3 Å². The molecule has 1 aromatic carbocycles. The number of azide groups is 1. The van der Waals surface area contributed by atoms with Crippen molar-refractivity contribution in [2.45, 2.75) is 12.2 Å². The Hall–Kier alpha value is -1.47. The maximum absolute atomic E-state index is 10.1. The van der Waals surface area contributed by atoms with Crippen molar-refractivity contribution in [3.8, 4) is 11.5 Å². The van der Waals surface area contributed by atoms with Crippen molar-refractivity contribution in [3.63, 3.8) is 0 Å². The molecule has 0 bridgehead atoms. The summed E-state index contributed by atoms with van der Waals surface area (Å²) >= 11 is 3.29. The number of aliphatic hydroxyl groups excluding tert-OH is 2. The van der Waals surface area contributed by atoms with Crippen molar-refractivity contribution in [1.82, 2.24) is 0 Å². The highest BCUT2D eigenvalue weighted by Gasteiger charge is 2.23. The van der Waals surface area contributed by atoms with Crippen LogP contribution in [0.3, 0.4) is 0 Å². The van der Waals surface area contributed by atoms with Gasteiger partial charge in [-0.15, -0.1) is 0 Å². The zero-order chi connectivity index (χ0) is 14.4. The fourth-order valence-corrected chi connectivity index (χ4v) is 2.03. The molecule has 7 nitrogen and oxygen atoms in total. The molecule has 0 radical (unpaired) electrons. The van der Waals surface area contributed by atoms with Crippen molar-refractivity contribution >= 4 is 15.9 Å². The SMILES string of the molecule is COc1cc(C(O)C(O)CN=[N+]=[N-])c(OC)cc1Br. The van der Waals surface area contributed by atoms with Gasteiger partial charge in [0.1, 0.15) is 17.6 Å². The molecule has 19 heavy (non-hydrogen) atoms. The number of halogens is 1. The van der Waals surface area contributed by atoms with Crippen LogP contribution < -0.4 is 9.47 Å². The normalized spacial score (nSPS) is 13.3. The minimum atomic E-state index is -1.25. The number of methoxy groups -OCH3 is 2. The highest BCUT2D eigenvalue weighted by Crippen LogP contribution is 2.36. The van der Waals surface area contributed by atoms with Gasteiger partial charge < -0.3 is 19.7 Å². The molecule has 0 aliphatic heterocycles. The maximum Gasteiger partial charge on any atom is 0.133 e. The van der Waals surface area contributed by atoms with E-state index in [4.69, 9.17) is 15.0 Å². The van der Waals surface area contributed by atoms with Crippen LogP contribution in [0.15, 0.2) is 21.7 Å². The zero-order valence-corrected chi connectivity index (χ0v) is 12.0. The van der Waals surface area contributed by atoms with Gasteiger partial charge in [0, 0.05) is 10.5 Å². The lowest BCUT2D eigenvalue weighted by Gasteiger charge is -2.20. The van der Waals surface area contributed by atoms with Gasteiger partial charge in [-0.1, -0.05) is 5.11 Å². The molecule has 1 rings (SSSR count). The van der Waals surface area contributed by atoms with Crippen LogP contribution in [0.5, 0.6) is 11.5 Å². The molecule has 2 unspecified atom stereocenters. The van der Waals surface area contributed by atoms with Gasteiger partial charge in [0.15, 0.2) is 0 Å². The van der Waals surface area contributed by atoms with E-state index in [0.717, 1.165) is 0 Å². The molecule has 0 spiro atoms. The number of rotatable bonds is 6. The molecule has 104 valence electrons. The Balaban J connectivity index is 3.12.